The third kappa shape index (κ3) is 3.53. The van der Waals surface area contributed by atoms with Crippen LogP contribution in [0.1, 0.15) is 0 Å². The van der Waals surface area contributed by atoms with E-state index >= 15 is 0 Å². The molecule has 0 radical (unpaired) electrons. The predicted octanol–water partition coefficient (Wildman–Crippen LogP) is 5.01. The molecule has 36 heavy (non-hydrogen) atoms. The Morgan fingerprint density at radius 1 is 0.500 bits per heavy atom. The summed E-state index contributed by atoms with van der Waals surface area (Å²) in [5.41, 5.74) is 4.20. The van der Waals surface area contributed by atoms with E-state index in [1.54, 1.807) is 24.8 Å². The summed E-state index contributed by atoms with van der Waals surface area (Å²) in [7, 11) is 0. The molecule has 7 aromatic rings. The highest BCUT2D eigenvalue weighted by Gasteiger charge is 2.16. The quantitative estimate of drug-likeness (QED) is 0.346. The van der Waals surface area contributed by atoms with E-state index in [2.05, 4.69) is 40.3 Å². The number of rotatable bonds is 4. The molecule has 1 aromatic carbocycles. The summed E-state index contributed by atoms with van der Waals surface area (Å²) in [4.78, 5) is 17.4. The number of hydrogen-bond acceptors (Lipinski definition) is 10. The van der Waals surface area contributed by atoms with Crippen LogP contribution in [0.4, 0.5) is 0 Å². The van der Waals surface area contributed by atoms with Gasteiger partial charge in [-0.25, -0.2) is 9.97 Å². The third-order valence-electron chi connectivity index (χ3n) is 5.62. The van der Waals surface area contributed by atoms with Crippen molar-refractivity contribution in [2.45, 2.75) is 0 Å². The molecule has 6 aromatic heterocycles. The summed E-state index contributed by atoms with van der Waals surface area (Å²) in [5.74, 6) is 1.36. The van der Waals surface area contributed by atoms with E-state index in [-0.39, 0.29) is 0 Å². The van der Waals surface area contributed by atoms with Gasteiger partial charge >= 0.3 is 0 Å². The van der Waals surface area contributed by atoms with Crippen molar-refractivity contribution in [3.8, 4) is 46.1 Å². The van der Waals surface area contributed by atoms with Crippen molar-refractivity contribution >= 4 is 21.8 Å². The van der Waals surface area contributed by atoms with Crippen molar-refractivity contribution in [3.63, 3.8) is 0 Å². The molecule has 10 heteroatoms. The summed E-state index contributed by atoms with van der Waals surface area (Å²) >= 11 is 0. The number of fused-ring (bicyclic) bond motifs is 2. The van der Waals surface area contributed by atoms with Crippen molar-refractivity contribution in [2.24, 2.45) is 0 Å². The lowest BCUT2D eigenvalue weighted by atomic mass is 10.1. The van der Waals surface area contributed by atoms with Gasteiger partial charge in [-0.1, -0.05) is 6.07 Å². The zero-order valence-corrected chi connectivity index (χ0v) is 18.5. The fourth-order valence-electron chi connectivity index (χ4n) is 3.84. The molecule has 0 aliphatic heterocycles. The van der Waals surface area contributed by atoms with Crippen LogP contribution in [0, 0.1) is 0 Å². The smallest absolute Gasteiger partial charge is 0.266 e. The van der Waals surface area contributed by atoms with Crippen LogP contribution >= 0.6 is 0 Å². The number of benzene rings is 1. The lowest BCUT2D eigenvalue weighted by Crippen LogP contribution is -1.85. The van der Waals surface area contributed by atoms with E-state index in [4.69, 9.17) is 8.83 Å². The maximum absolute atomic E-state index is 5.93. The second-order valence-electron chi connectivity index (χ2n) is 7.94. The standard InChI is InChI=1S/C26H14N8O2/c1-2-15(23-31-33-25(35-23)21-6-4-17-13-27-10-8-19(17)29-21)12-16(3-1)24-32-34-26(36-24)22-7-5-18-14-28-11-9-20(18)30-22/h1-14H. The van der Waals surface area contributed by atoms with Gasteiger partial charge < -0.3 is 8.83 Å². The average Bonchev–Trinajstić information content (AvgIpc) is 3.64. The molecule has 0 aliphatic rings. The largest absolute Gasteiger partial charge is 0.415 e. The van der Waals surface area contributed by atoms with Gasteiger partial charge in [0.05, 0.1) is 11.0 Å². The Balaban J connectivity index is 1.19. The van der Waals surface area contributed by atoms with Gasteiger partial charge in [0, 0.05) is 46.7 Å². The maximum atomic E-state index is 5.93. The summed E-state index contributed by atoms with van der Waals surface area (Å²) in [6.07, 6.45) is 6.90. The first-order valence-electron chi connectivity index (χ1n) is 11.0. The minimum atomic E-state index is 0.326. The molecule has 0 saturated carbocycles. The molecule has 170 valence electrons. The normalized spacial score (nSPS) is 11.3. The zero-order chi connectivity index (χ0) is 23.9. The van der Waals surface area contributed by atoms with Crippen molar-refractivity contribution in [3.05, 3.63) is 85.5 Å². The first kappa shape index (κ1) is 20.0. The van der Waals surface area contributed by atoms with E-state index in [0.717, 1.165) is 21.8 Å². The van der Waals surface area contributed by atoms with Crippen LogP contribution in [-0.4, -0.2) is 40.3 Å². The highest BCUT2D eigenvalue weighted by atomic mass is 16.4. The average molecular weight is 470 g/mol. The Hall–Kier alpha value is -5.38. The molecular formula is C26H14N8O2. The van der Waals surface area contributed by atoms with E-state index in [1.165, 1.54) is 0 Å². The van der Waals surface area contributed by atoms with Gasteiger partial charge in [0.15, 0.2) is 0 Å². The first-order valence-corrected chi connectivity index (χ1v) is 11.0. The Morgan fingerprint density at radius 3 is 1.53 bits per heavy atom. The molecule has 0 aliphatic carbocycles. The molecule has 6 heterocycles. The first-order chi connectivity index (χ1) is 17.8. The van der Waals surface area contributed by atoms with E-state index in [0.29, 0.717) is 46.1 Å². The fraction of sp³-hybridized carbons (Fsp3) is 0. The highest BCUT2D eigenvalue weighted by molar-refractivity contribution is 5.80. The van der Waals surface area contributed by atoms with Crippen LogP contribution in [0.3, 0.4) is 0 Å². The van der Waals surface area contributed by atoms with Crippen molar-refractivity contribution in [2.75, 3.05) is 0 Å². The fourth-order valence-corrected chi connectivity index (χ4v) is 3.84. The van der Waals surface area contributed by atoms with Gasteiger partial charge in [0.1, 0.15) is 11.4 Å². The monoisotopic (exact) mass is 470 g/mol. The zero-order valence-electron chi connectivity index (χ0n) is 18.5. The van der Waals surface area contributed by atoms with E-state index < -0.39 is 0 Å². The molecule has 0 N–H and O–H groups in total. The van der Waals surface area contributed by atoms with Gasteiger partial charge in [-0.05, 0) is 54.6 Å². The topological polar surface area (TPSA) is 129 Å². The summed E-state index contributed by atoms with van der Waals surface area (Å²) in [6.45, 7) is 0. The molecule has 0 saturated heterocycles. The Kier molecular flexibility index (Phi) is 4.53. The van der Waals surface area contributed by atoms with Crippen LogP contribution in [0.2, 0.25) is 0 Å². The molecule has 0 atom stereocenters. The van der Waals surface area contributed by atoms with Crippen LogP contribution in [0.15, 0.2) is 94.3 Å². The van der Waals surface area contributed by atoms with Gasteiger partial charge in [-0.15, -0.1) is 20.4 Å². The van der Waals surface area contributed by atoms with Crippen molar-refractivity contribution in [1.82, 2.24) is 40.3 Å². The molecule has 7 rings (SSSR count). The van der Waals surface area contributed by atoms with Gasteiger partial charge in [-0.3, -0.25) is 9.97 Å². The molecule has 10 nitrogen and oxygen atoms in total. The maximum Gasteiger partial charge on any atom is 0.266 e. The lowest BCUT2D eigenvalue weighted by Gasteiger charge is -2.00. The molecule has 0 amide bonds. The number of pyridine rings is 4. The van der Waals surface area contributed by atoms with Crippen LogP contribution < -0.4 is 0 Å². The van der Waals surface area contributed by atoms with E-state index in [1.807, 2.05) is 60.7 Å². The summed E-state index contributed by atoms with van der Waals surface area (Å²) in [5, 5.41) is 18.6. The SMILES string of the molecule is c1cc(-c2nnc(-c3ccc4cnccc4n3)o2)cc(-c2nnc(-c3ccc4cnccc4n3)o2)c1. The van der Waals surface area contributed by atoms with E-state index in [9.17, 15) is 0 Å². The summed E-state index contributed by atoms with van der Waals surface area (Å²) < 4.78 is 11.9. The second kappa shape index (κ2) is 8.13. The number of hydrogen-bond donors (Lipinski definition) is 0. The molecular weight excluding hydrogens is 456 g/mol. The number of aromatic nitrogens is 8. The third-order valence-corrected chi connectivity index (χ3v) is 5.62. The van der Waals surface area contributed by atoms with Crippen molar-refractivity contribution < 1.29 is 8.83 Å². The van der Waals surface area contributed by atoms with Gasteiger partial charge in [0.25, 0.3) is 11.8 Å². The number of nitrogens with zero attached hydrogens (tertiary/aromatic N) is 8. The predicted molar refractivity (Wildman–Crippen MR) is 130 cm³/mol. The summed E-state index contributed by atoms with van der Waals surface area (Å²) in [6, 6.07) is 18.6. The lowest BCUT2D eigenvalue weighted by molar-refractivity contribution is 0.580. The molecule has 0 spiro atoms. The molecule has 0 bridgehead atoms. The molecule has 0 fully saturated rings. The Bertz CT molecular complexity index is 1740. The Morgan fingerprint density at radius 2 is 1.00 bits per heavy atom. The second-order valence-corrected chi connectivity index (χ2v) is 7.94. The minimum Gasteiger partial charge on any atom is -0.415 e. The van der Waals surface area contributed by atoms with Gasteiger partial charge in [0.2, 0.25) is 11.8 Å². The van der Waals surface area contributed by atoms with Crippen LogP contribution in [-0.2, 0) is 0 Å². The Labute approximate surface area is 202 Å². The van der Waals surface area contributed by atoms with Gasteiger partial charge in [-0.2, -0.15) is 0 Å². The van der Waals surface area contributed by atoms with Crippen molar-refractivity contribution in [1.29, 1.82) is 0 Å². The molecule has 0 unspecified atom stereocenters. The minimum absolute atomic E-state index is 0.326. The highest BCUT2D eigenvalue weighted by Crippen LogP contribution is 2.29. The van der Waals surface area contributed by atoms with Crippen LogP contribution in [0.25, 0.3) is 67.9 Å². The van der Waals surface area contributed by atoms with Crippen LogP contribution in [0.5, 0.6) is 0 Å².